The highest BCUT2D eigenvalue weighted by Crippen LogP contribution is 2.26. The predicted molar refractivity (Wildman–Crippen MR) is 81.1 cm³/mol. The number of para-hydroxylation sites is 2. The van der Waals surface area contributed by atoms with E-state index in [1.807, 2.05) is 42.5 Å². The first-order valence-electron chi connectivity index (χ1n) is 6.87. The lowest BCUT2D eigenvalue weighted by Gasteiger charge is -2.13. The van der Waals surface area contributed by atoms with Gasteiger partial charge in [-0.1, -0.05) is 42.5 Å². The lowest BCUT2D eigenvalue weighted by molar-refractivity contribution is 0.283. The molecule has 3 nitrogen and oxygen atoms in total. The first-order chi connectivity index (χ1) is 9.81. The predicted octanol–water partition coefficient (Wildman–Crippen LogP) is 3.55. The second-order valence-corrected chi connectivity index (χ2v) is 4.66. The van der Waals surface area contributed by atoms with E-state index in [0.717, 1.165) is 24.3 Å². The molecule has 0 heterocycles. The van der Waals surface area contributed by atoms with Crippen LogP contribution in [0.3, 0.4) is 0 Å². The third-order valence-corrected chi connectivity index (χ3v) is 3.21. The molecular weight excluding hydrogens is 250 g/mol. The molecule has 0 saturated heterocycles. The first kappa shape index (κ1) is 14.4. The van der Waals surface area contributed by atoms with Crippen LogP contribution >= 0.6 is 0 Å². The zero-order valence-corrected chi connectivity index (χ0v) is 11.8. The van der Waals surface area contributed by atoms with Crippen molar-refractivity contribution in [2.75, 3.05) is 13.7 Å². The van der Waals surface area contributed by atoms with Gasteiger partial charge in [0.2, 0.25) is 0 Å². The number of benzene rings is 2. The van der Waals surface area contributed by atoms with E-state index >= 15 is 0 Å². The van der Waals surface area contributed by atoms with E-state index < -0.39 is 0 Å². The molecule has 0 fully saturated rings. The van der Waals surface area contributed by atoms with Crippen LogP contribution in [-0.2, 0) is 0 Å². The maximum absolute atomic E-state index is 6.15. The van der Waals surface area contributed by atoms with Crippen LogP contribution in [0.4, 0.5) is 0 Å². The molecule has 0 spiro atoms. The number of nitrogens with two attached hydrogens (primary N) is 1. The zero-order valence-electron chi connectivity index (χ0n) is 11.8. The molecule has 0 saturated carbocycles. The van der Waals surface area contributed by atoms with Gasteiger partial charge in [-0.05, 0) is 30.5 Å². The molecule has 1 unspecified atom stereocenters. The Labute approximate surface area is 120 Å². The molecule has 0 bridgehead atoms. The fourth-order valence-electron chi connectivity index (χ4n) is 2.09. The SMILES string of the molecule is COc1ccccc1OCCCC(N)c1ccccc1. The van der Waals surface area contributed by atoms with E-state index in [1.54, 1.807) is 7.11 Å². The summed E-state index contributed by atoms with van der Waals surface area (Å²) in [5.74, 6) is 1.54. The molecule has 0 aliphatic carbocycles. The van der Waals surface area contributed by atoms with Crippen LogP contribution in [0.1, 0.15) is 24.4 Å². The van der Waals surface area contributed by atoms with Crippen molar-refractivity contribution in [2.45, 2.75) is 18.9 Å². The largest absolute Gasteiger partial charge is 0.493 e. The number of ether oxygens (including phenoxy) is 2. The zero-order chi connectivity index (χ0) is 14.2. The molecular formula is C17H21NO2. The van der Waals surface area contributed by atoms with Crippen molar-refractivity contribution in [2.24, 2.45) is 5.73 Å². The molecule has 2 rings (SSSR count). The van der Waals surface area contributed by atoms with E-state index in [0.29, 0.717) is 6.61 Å². The summed E-state index contributed by atoms with van der Waals surface area (Å²) in [5.41, 5.74) is 7.32. The summed E-state index contributed by atoms with van der Waals surface area (Å²) in [5, 5.41) is 0. The molecule has 20 heavy (non-hydrogen) atoms. The Morgan fingerprint density at radius 2 is 1.60 bits per heavy atom. The number of hydrogen-bond acceptors (Lipinski definition) is 3. The van der Waals surface area contributed by atoms with Gasteiger partial charge in [-0.25, -0.2) is 0 Å². The molecule has 0 radical (unpaired) electrons. The quantitative estimate of drug-likeness (QED) is 0.783. The monoisotopic (exact) mass is 271 g/mol. The van der Waals surface area contributed by atoms with Gasteiger partial charge < -0.3 is 15.2 Å². The Hall–Kier alpha value is -2.00. The fourth-order valence-corrected chi connectivity index (χ4v) is 2.09. The molecule has 0 aliphatic rings. The minimum absolute atomic E-state index is 0.0671. The number of hydrogen-bond donors (Lipinski definition) is 1. The fraction of sp³-hybridized carbons (Fsp3) is 0.294. The van der Waals surface area contributed by atoms with E-state index in [9.17, 15) is 0 Å². The van der Waals surface area contributed by atoms with Crippen LogP contribution in [0.25, 0.3) is 0 Å². The van der Waals surface area contributed by atoms with E-state index in [4.69, 9.17) is 15.2 Å². The Morgan fingerprint density at radius 1 is 0.950 bits per heavy atom. The molecule has 2 aromatic rings. The lowest BCUT2D eigenvalue weighted by atomic mass is 10.0. The summed E-state index contributed by atoms with van der Waals surface area (Å²) < 4.78 is 11.0. The van der Waals surface area contributed by atoms with E-state index in [1.165, 1.54) is 5.56 Å². The molecule has 3 heteroatoms. The molecule has 0 aliphatic heterocycles. The molecule has 2 aromatic carbocycles. The van der Waals surface area contributed by atoms with Crippen molar-refractivity contribution in [1.82, 2.24) is 0 Å². The summed E-state index contributed by atoms with van der Waals surface area (Å²) in [6.45, 7) is 0.640. The van der Waals surface area contributed by atoms with Crippen LogP contribution < -0.4 is 15.2 Å². The second-order valence-electron chi connectivity index (χ2n) is 4.66. The first-order valence-corrected chi connectivity index (χ1v) is 6.87. The summed E-state index contributed by atoms with van der Waals surface area (Å²) in [4.78, 5) is 0. The van der Waals surface area contributed by atoms with Crippen molar-refractivity contribution in [3.8, 4) is 11.5 Å². The summed E-state index contributed by atoms with van der Waals surface area (Å²) >= 11 is 0. The van der Waals surface area contributed by atoms with Crippen LogP contribution in [0.5, 0.6) is 11.5 Å². The highest BCUT2D eigenvalue weighted by Gasteiger charge is 2.06. The van der Waals surface area contributed by atoms with Crippen LogP contribution in [0.15, 0.2) is 54.6 Å². The van der Waals surface area contributed by atoms with Crippen molar-refractivity contribution < 1.29 is 9.47 Å². The third-order valence-electron chi connectivity index (χ3n) is 3.21. The molecule has 106 valence electrons. The topological polar surface area (TPSA) is 44.5 Å². The highest BCUT2D eigenvalue weighted by atomic mass is 16.5. The maximum Gasteiger partial charge on any atom is 0.161 e. The van der Waals surface area contributed by atoms with Gasteiger partial charge in [0.05, 0.1) is 13.7 Å². The minimum Gasteiger partial charge on any atom is -0.493 e. The van der Waals surface area contributed by atoms with Crippen LogP contribution in [0.2, 0.25) is 0 Å². The van der Waals surface area contributed by atoms with Crippen LogP contribution in [-0.4, -0.2) is 13.7 Å². The van der Waals surface area contributed by atoms with Gasteiger partial charge in [0, 0.05) is 6.04 Å². The Kier molecular flexibility index (Phi) is 5.44. The summed E-state index contributed by atoms with van der Waals surface area (Å²) in [6, 6.07) is 17.9. The van der Waals surface area contributed by atoms with E-state index in [-0.39, 0.29) is 6.04 Å². The highest BCUT2D eigenvalue weighted by molar-refractivity contribution is 5.39. The van der Waals surface area contributed by atoms with Crippen LogP contribution in [0, 0.1) is 0 Å². The van der Waals surface area contributed by atoms with Gasteiger partial charge in [0.1, 0.15) is 0 Å². The Bertz CT molecular complexity index is 513. The maximum atomic E-state index is 6.15. The average Bonchev–Trinajstić information content (AvgIpc) is 2.52. The van der Waals surface area contributed by atoms with Gasteiger partial charge >= 0.3 is 0 Å². The Balaban J connectivity index is 1.76. The third kappa shape index (κ3) is 4.00. The van der Waals surface area contributed by atoms with Gasteiger partial charge in [-0.2, -0.15) is 0 Å². The Morgan fingerprint density at radius 3 is 2.30 bits per heavy atom. The smallest absolute Gasteiger partial charge is 0.161 e. The minimum atomic E-state index is 0.0671. The average molecular weight is 271 g/mol. The molecule has 0 amide bonds. The van der Waals surface area contributed by atoms with Gasteiger partial charge in [-0.15, -0.1) is 0 Å². The van der Waals surface area contributed by atoms with Gasteiger partial charge in [0.15, 0.2) is 11.5 Å². The van der Waals surface area contributed by atoms with Crippen molar-refractivity contribution in [3.63, 3.8) is 0 Å². The lowest BCUT2D eigenvalue weighted by Crippen LogP contribution is -2.11. The molecule has 0 aromatic heterocycles. The van der Waals surface area contributed by atoms with Crippen molar-refractivity contribution in [3.05, 3.63) is 60.2 Å². The number of methoxy groups -OCH3 is 1. The normalized spacial score (nSPS) is 11.9. The molecule has 1 atom stereocenters. The summed E-state index contributed by atoms with van der Waals surface area (Å²) in [7, 11) is 1.65. The van der Waals surface area contributed by atoms with E-state index in [2.05, 4.69) is 12.1 Å². The van der Waals surface area contributed by atoms with Gasteiger partial charge in [0.25, 0.3) is 0 Å². The standard InChI is InChI=1S/C17H21NO2/c1-19-16-11-5-6-12-17(16)20-13-7-10-15(18)14-8-3-2-4-9-14/h2-6,8-9,11-12,15H,7,10,13,18H2,1H3. The number of rotatable bonds is 7. The summed E-state index contributed by atoms with van der Waals surface area (Å²) in [6.07, 6.45) is 1.81. The molecule has 2 N–H and O–H groups in total. The second kappa shape index (κ2) is 7.56. The van der Waals surface area contributed by atoms with Crippen molar-refractivity contribution >= 4 is 0 Å². The van der Waals surface area contributed by atoms with Crippen molar-refractivity contribution in [1.29, 1.82) is 0 Å². The van der Waals surface area contributed by atoms with Gasteiger partial charge in [-0.3, -0.25) is 0 Å².